The van der Waals surface area contributed by atoms with Gasteiger partial charge in [-0.3, -0.25) is 4.79 Å². The van der Waals surface area contributed by atoms with Crippen LogP contribution < -0.4 is 10.1 Å². The molecule has 0 aliphatic heterocycles. The Morgan fingerprint density at radius 1 is 0.971 bits per heavy atom. The fourth-order valence-electron chi connectivity index (χ4n) is 4.31. The van der Waals surface area contributed by atoms with Crippen LogP contribution in [0, 0.1) is 0 Å². The van der Waals surface area contributed by atoms with Crippen molar-refractivity contribution in [1.29, 1.82) is 0 Å². The molecule has 176 valence electrons. The fourth-order valence-corrected chi connectivity index (χ4v) is 4.57. The van der Waals surface area contributed by atoms with Gasteiger partial charge in [0.15, 0.2) is 0 Å². The number of rotatable bonds is 10. The lowest BCUT2D eigenvalue weighted by Gasteiger charge is -2.18. The van der Waals surface area contributed by atoms with E-state index in [9.17, 15) is 4.79 Å². The van der Waals surface area contributed by atoms with Gasteiger partial charge in [-0.1, -0.05) is 60.1 Å². The van der Waals surface area contributed by atoms with Crippen molar-refractivity contribution >= 4 is 28.4 Å². The van der Waals surface area contributed by atoms with E-state index in [1.54, 1.807) is 14.2 Å². The van der Waals surface area contributed by atoms with E-state index in [0.717, 1.165) is 27.8 Å². The lowest BCUT2D eigenvalue weighted by atomic mass is 9.88. The van der Waals surface area contributed by atoms with Gasteiger partial charge in [0, 0.05) is 54.7 Å². The number of benzene rings is 3. The molecule has 1 heterocycles. The van der Waals surface area contributed by atoms with Crippen molar-refractivity contribution in [3.05, 3.63) is 101 Å². The molecule has 34 heavy (non-hydrogen) atoms. The van der Waals surface area contributed by atoms with E-state index >= 15 is 0 Å². The van der Waals surface area contributed by atoms with Crippen LogP contribution >= 0.6 is 11.6 Å². The maximum absolute atomic E-state index is 12.9. The van der Waals surface area contributed by atoms with Crippen LogP contribution in [-0.4, -0.2) is 37.8 Å². The van der Waals surface area contributed by atoms with Crippen molar-refractivity contribution in [2.24, 2.45) is 0 Å². The third kappa shape index (κ3) is 5.44. The molecule has 1 N–H and O–H groups in total. The molecule has 0 saturated carbocycles. The Balaban J connectivity index is 1.73. The van der Waals surface area contributed by atoms with Crippen LogP contribution in [0.3, 0.4) is 0 Å². The molecule has 1 aromatic heterocycles. The summed E-state index contributed by atoms with van der Waals surface area (Å²) in [5, 5.41) is 4.73. The van der Waals surface area contributed by atoms with Gasteiger partial charge in [-0.05, 0) is 41.0 Å². The van der Waals surface area contributed by atoms with E-state index in [1.807, 2.05) is 48.5 Å². The van der Waals surface area contributed by atoms with Gasteiger partial charge in [0.2, 0.25) is 5.91 Å². The largest absolute Gasteiger partial charge is 0.497 e. The van der Waals surface area contributed by atoms with Crippen LogP contribution in [-0.2, 0) is 16.1 Å². The number of hydrogen-bond acceptors (Lipinski definition) is 3. The number of carbonyl (C=O) groups excluding carboxylic acids is 1. The van der Waals surface area contributed by atoms with Crippen molar-refractivity contribution in [3.8, 4) is 5.75 Å². The highest BCUT2D eigenvalue weighted by Gasteiger charge is 2.24. The first-order valence-corrected chi connectivity index (χ1v) is 11.7. The summed E-state index contributed by atoms with van der Waals surface area (Å²) in [6.45, 7) is 1.66. The lowest BCUT2D eigenvalue weighted by molar-refractivity contribution is -0.121. The Kier molecular flexibility index (Phi) is 7.88. The number of hydrogen-bond donors (Lipinski definition) is 1. The van der Waals surface area contributed by atoms with Gasteiger partial charge in [0.25, 0.3) is 0 Å². The number of carbonyl (C=O) groups is 1. The topological polar surface area (TPSA) is 52.5 Å². The zero-order valence-electron chi connectivity index (χ0n) is 19.5. The molecule has 0 aliphatic rings. The number of amides is 1. The smallest absolute Gasteiger partial charge is 0.221 e. The summed E-state index contributed by atoms with van der Waals surface area (Å²) in [5.74, 6) is 0.618. The number of fused-ring (bicyclic) bond motifs is 1. The van der Waals surface area contributed by atoms with E-state index in [2.05, 4.69) is 40.3 Å². The van der Waals surface area contributed by atoms with Crippen LogP contribution in [0.5, 0.6) is 5.75 Å². The Labute approximate surface area is 205 Å². The third-order valence-corrected chi connectivity index (χ3v) is 6.35. The van der Waals surface area contributed by atoms with Crippen LogP contribution in [0.1, 0.15) is 29.0 Å². The van der Waals surface area contributed by atoms with Crippen molar-refractivity contribution in [2.75, 3.05) is 27.4 Å². The number of methoxy groups -OCH3 is 2. The number of halogens is 1. The summed E-state index contributed by atoms with van der Waals surface area (Å²) in [6, 6.07) is 24.1. The van der Waals surface area contributed by atoms with Gasteiger partial charge in [0.05, 0.1) is 13.7 Å². The molecule has 0 spiro atoms. The second kappa shape index (κ2) is 11.2. The van der Waals surface area contributed by atoms with E-state index in [4.69, 9.17) is 21.1 Å². The zero-order chi connectivity index (χ0) is 23.9. The van der Waals surface area contributed by atoms with E-state index < -0.39 is 0 Å². The molecule has 0 radical (unpaired) electrons. The SMILES string of the molecule is COCCNC(=O)C[C@@H](c1ccccc1Cl)c1cn(Cc2ccc(OC)cc2)c2ccccc12. The van der Waals surface area contributed by atoms with Gasteiger partial charge in [-0.25, -0.2) is 0 Å². The molecule has 6 heteroatoms. The summed E-state index contributed by atoms with van der Waals surface area (Å²) in [4.78, 5) is 12.9. The number of aromatic nitrogens is 1. The third-order valence-electron chi connectivity index (χ3n) is 6.01. The minimum atomic E-state index is -0.182. The maximum atomic E-state index is 12.9. The highest BCUT2D eigenvalue weighted by atomic mass is 35.5. The first-order valence-electron chi connectivity index (χ1n) is 11.3. The van der Waals surface area contributed by atoms with Crippen LogP contribution in [0.2, 0.25) is 5.02 Å². The molecule has 1 atom stereocenters. The Morgan fingerprint density at radius 3 is 2.44 bits per heavy atom. The molecule has 0 fully saturated rings. The van der Waals surface area contributed by atoms with Crippen LogP contribution in [0.15, 0.2) is 79.0 Å². The number of para-hydroxylation sites is 1. The molecule has 5 nitrogen and oxygen atoms in total. The average molecular weight is 477 g/mol. The first kappa shape index (κ1) is 23.9. The molecule has 0 saturated heterocycles. The van der Waals surface area contributed by atoms with E-state index in [0.29, 0.717) is 31.1 Å². The standard InChI is InChI=1S/C28H29ClN2O3/c1-33-16-15-30-28(32)17-24(22-7-3-5-9-26(22)29)25-19-31(27-10-6-4-8-23(25)27)18-20-11-13-21(34-2)14-12-20/h3-14,19,24H,15-18H2,1-2H3,(H,30,32)/t24-/m0/s1. The Morgan fingerprint density at radius 2 is 1.71 bits per heavy atom. The van der Waals surface area contributed by atoms with E-state index in [-0.39, 0.29) is 11.8 Å². The average Bonchev–Trinajstić information content (AvgIpc) is 3.22. The van der Waals surface area contributed by atoms with Gasteiger partial charge in [-0.15, -0.1) is 0 Å². The minimum Gasteiger partial charge on any atom is -0.497 e. The predicted molar refractivity (Wildman–Crippen MR) is 137 cm³/mol. The van der Waals surface area contributed by atoms with Gasteiger partial charge < -0.3 is 19.4 Å². The van der Waals surface area contributed by atoms with Crippen LogP contribution in [0.25, 0.3) is 10.9 Å². The molecule has 0 bridgehead atoms. The summed E-state index contributed by atoms with van der Waals surface area (Å²) in [5.41, 5.74) is 4.31. The van der Waals surface area contributed by atoms with Crippen molar-refractivity contribution in [2.45, 2.75) is 18.9 Å². The molecule has 3 aromatic carbocycles. The minimum absolute atomic E-state index is 0.0334. The molecule has 0 unspecified atom stereocenters. The summed E-state index contributed by atoms with van der Waals surface area (Å²) in [6.07, 6.45) is 2.45. The second-order valence-electron chi connectivity index (χ2n) is 8.20. The number of ether oxygens (including phenoxy) is 2. The quantitative estimate of drug-likeness (QED) is 0.301. The van der Waals surface area contributed by atoms with Gasteiger partial charge in [-0.2, -0.15) is 0 Å². The summed E-state index contributed by atoms with van der Waals surface area (Å²) in [7, 11) is 3.29. The molecule has 4 aromatic rings. The fraction of sp³-hybridized carbons (Fsp3) is 0.250. The zero-order valence-corrected chi connectivity index (χ0v) is 20.2. The molecular weight excluding hydrogens is 448 g/mol. The molecule has 0 aliphatic carbocycles. The highest BCUT2D eigenvalue weighted by Crippen LogP contribution is 2.38. The van der Waals surface area contributed by atoms with Crippen molar-refractivity contribution in [3.63, 3.8) is 0 Å². The first-order chi connectivity index (χ1) is 16.6. The normalized spacial score (nSPS) is 12.0. The molecule has 4 rings (SSSR count). The second-order valence-corrected chi connectivity index (χ2v) is 8.61. The monoisotopic (exact) mass is 476 g/mol. The van der Waals surface area contributed by atoms with Crippen molar-refractivity contribution < 1.29 is 14.3 Å². The Hall–Kier alpha value is -3.28. The molecule has 1 amide bonds. The van der Waals surface area contributed by atoms with Crippen LogP contribution in [0.4, 0.5) is 0 Å². The Bertz CT molecular complexity index is 1250. The van der Waals surface area contributed by atoms with Crippen molar-refractivity contribution in [1.82, 2.24) is 9.88 Å². The van der Waals surface area contributed by atoms with Gasteiger partial charge in [0.1, 0.15) is 5.75 Å². The maximum Gasteiger partial charge on any atom is 0.221 e. The summed E-state index contributed by atoms with van der Waals surface area (Å²) < 4.78 is 12.6. The lowest BCUT2D eigenvalue weighted by Crippen LogP contribution is -2.28. The van der Waals surface area contributed by atoms with E-state index in [1.165, 1.54) is 5.56 Å². The number of nitrogens with one attached hydrogen (secondary N) is 1. The number of nitrogens with zero attached hydrogens (tertiary/aromatic N) is 1. The highest BCUT2D eigenvalue weighted by molar-refractivity contribution is 6.31. The van der Waals surface area contributed by atoms with Gasteiger partial charge >= 0.3 is 0 Å². The summed E-state index contributed by atoms with van der Waals surface area (Å²) >= 11 is 6.63. The predicted octanol–water partition coefficient (Wildman–Crippen LogP) is 5.64. The molecular formula is C28H29ClN2O3.